The third-order valence-corrected chi connectivity index (χ3v) is 4.02. The summed E-state index contributed by atoms with van der Waals surface area (Å²) in [4.78, 5) is 28.6. The summed E-state index contributed by atoms with van der Waals surface area (Å²) >= 11 is 1.10. The monoisotopic (exact) mass is 393 g/mol. The van der Waals surface area contributed by atoms with Crippen LogP contribution in [0.3, 0.4) is 0 Å². The van der Waals surface area contributed by atoms with Gasteiger partial charge in [-0.3, -0.25) is 14.9 Å². The Bertz CT molecular complexity index is 752. The van der Waals surface area contributed by atoms with Crippen molar-refractivity contribution in [3.63, 3.8) is 0 Å². The number of aryl methyl sites for hydroxylation is 1. The van der Waals surface area contributed by atoms with Gasteiger partial charge in [-0.25, -0.2) is 4.98 Å². The van der Waals surface area contributed by atoms with E-state index in [0.29, 0.717) is 48.6 Å². The first-order valence-corrected chi connectivity index (χ1v) is 9.23. The maximum Gasteiger partial charge on any atom is 0.259 e. The van der Waals surface area contributed by atoms with Crippen LogP contribution in [0.25, 0.3) is 0 Å². The van der Waals surface area contributed by atoms with Crippen molar-refractivity contribution < 1.29 is 19.1 Å². The lowest BCUT2D eigenvalue weighted by atomic mass is 10.1. The summed E-state index contributed by atoms with van der Waals surface area (Å²) in [5.41, 5.74) is 6.07. The van der Waals surface area contributed by atoms with E-state index in [-0.39, 0.29) is 24.8 Å². The van der Waals surface area contributed by atoms with E-state index in [9.17, 15) is 9.59 Å². The molecule has 9 nitrogen and oxygen atoms in total. The van der Waals surface area contributed by atoms with Crippen molar-refractivity contribution in [1.82, 2.24) is 9.36 Å². The van der Waals surface area contributed by atoms with E-state index in [1.54, 1.807) is 31.2 Å². The van der Waals surface area contributed by atoms with Crippen LogP contribution < -0.4 is 16.4 Å². The van der Waals surface area contributed by atoms with Crippen molar-refractivity contribution in [2.45, 2.75) is 13.3 Å². The van der Waals surface area contributed by atoms with Crippen LogP contribution in [-0.4, -0.2) is 54.1 Å². The predicted molar refractivity (Wildman–Crippen MR) is 103 cm³/mol. The van der Waals surface area contributed by atoms with Crippen molar-refractivity contribution >= 4 is 34.2 Å². The lowest BCUT2D eigenvalue weighted by Crippen LogP contribution is -2.19. The van der Waals surface area contributed by atoms with Crippen LogP contribution in [0.2, 0.25) is 0 Å². The smallest absolute Gasteiger partial charge is 0.259 e. The minimum Gasteiger partial charge on any atom is -0.379 e. The number of nitrogens with zero attached hydrogens (tertiary/aromatic N) is 2. The number of aromatic nitrogens is 2. The van der Waals surface area contributed by atoms with Crippen LogP contribution in [0, 0.1) is 6.92 Å². The number of nitrogens with two attached hydrogens (primary N) is 1. The van der Waals surface area contributed by atoms with Crippen molar-refractivity contribution in [3.05, 3.63) is 35.7 Å². The summed E-state index contributed by atoms with van der Waals surface area (Å²) in [6, 6.07) is 6.76. The highest BCUT2D eigenvalue weighted by molar-refractivity contribution is 7.09. The molecule has 2 aromatic rings. The number of carbonyl (C=O) groups excluding carboxylic acids is 2. The largest absolute Gasteiger partial charge is 0.379 e. The Morgan fingerprint density at radius 3 is 2.56 bits per heavy atom. The summed E-state index contributed by atoms with van der Waals surface area (Å²) in [5, 5.41) is 5.82. The fourth-order valence-corrected chi connectivity index (χ4v) is 2.66. The predicted octanol–water partition coefficient (Wildman–Crippen LogP) is 1.42. The van der Waals surface area contributed by atoms with E-state index in [1.165, 1.54) is 0 Å². The molecule has 4 N–H and O–H groups in total. The van der Waals surface area contributed by atoms with Gasteiger partial charge in [-0.1, -0.05) is 12.1 Å². The first kappa shape index (κ1) is 20.9. The maximum atomic E-state index is 12.4. The molecule has 0 fully saturated rings. The van der Waals surface area contributed by atoms with Crippen molar-refractivity contribution in [2.24, 2.45) is 5.73 Å². The van der Waals surface area contributed by atoms with Gasteiger partial charge < -0.3 is 20.5 Å². The van der Waals surface area contributed by atoms with E-state index in [0.717, 1.165) is 11.5 Å². The minimum atomic E-state index is -0.365. The van der Waals surface area contributed by atoms with Crippen molar-refractivity contribution in [2.75, 3.05) is 43.6 Å². The van der Waals surface area contributed by atoms with Gasteiger partial charge in [-0.05, 0) is 19.1 Å². The van der Waals surface area contributed by atoms with Gasteiger partial charge in [0.15, 0.2) is 0 Å². The van der Waals surface area contributed by atoms with Crippen LogP contribution in [0.5, 0.6) is 0 Å². The Hall–Kier alpha value is -2.40. The standard InChI is InChI=1S/C17H23N5O4S/c1-12-19-17(27-22-12)21-16(24)13-4-2-3-5-14(13)20-15(23)6-8-25-10-11-26-9-7-18/h2-5H,6-11,18H2,1H3,(H,20,23)(H,19,21,22,24). The van der Waals surface area contributed by atoms with Crippen molar-refractivity contribution in [3.8, 4) is 0 Å². The zero-order valence-corrected chi connectivity index (χ0v) is 15.9. The number of anilines is 2. The second-order valence-electron chi connectivity index (χ2n) is 5.46. The lowest BCUT2D eigenvalue weighted by molar-refractivity contribution is -0.117. The summed E-state index contributed by atoms with van der Waals surface area (Å²) < 4.78 is 14.5. The molecule has 0 radical (unpaired) electrons. The molecular formula is C17H23N5O4S. The van der Waals surface area contributed by atoms with Gasteiger partial charge >= 0.3 is 0 Å². The van der Waals surface area contributed by atoms with Crippen LogP contribution in [-0.2, 0) is 14.3 Å². The molecule has 1 heterocycles. The number of nitrogens with one attached hydrogen (secondary N) is 2. The molecule has 10 heteroatoms. The topological polar surface area (TPSA) is 128 Å². The molecule has 1 aromatic carbocycles. The summed E-state index contributed by atoms with van der Waals surface area (Å²) in [7, 11) is 0. The number of hydrogen-bond acceptors (Lipinski definition) is 8. The van der Waals surface area contributed by atoms with Crippen LogP contribution >= 0.6 is 11.5 Å². The first-order valence-electron chi connectivity index (χ1n) is 8.46. The number of ether oxygens (including phenoxy) is 2. The van der Waals surface area contributed by atoms with E-state index in [1.807, 2.05) is 0 Å². The molecule has 0 unspecified atom stereocenters. The number of amides is 2. The van der Waals surface area contributed by atoms with Gasteiger partial charge in [0, 0.05) is 18.1 Å². The zero-order chi connectivity index (χ0) is 19.5. The number of carbonyl (C=O) groups is 2. The molecule has 0 spiro atoms. The highest BCUT2D eigenvalue weighted by Crippen LogP contribution is 2.18. The van der Waals surface area contributed by atoms with Crippen LogP contribution in [0.4, 0.5) is 10.8 Å². The highest BCUT2D eigenvalue weighted by atomic mass is 32.1. The van der Waals surface area contributed by atoms with Crippen molar-refractivity contribution in [1.29, 1.82) is 0 Å². The average Bonchev–Trinajstić information content (AvgIpc) is 3.06. The van der Waals surface area contributed by atoms with Gasteiger partial charge in [0.25, 0.3) is 5.91 Å². The fourth-order valence-electron chi connectivity index (χ4n) is 2.09. The van der Waals surface area contributed by atoms with Gasteiger partial charge in [-0.15, -0.1) is 0 Å². The molecule has 0 atom stereocenters. The summed E-state index contributed by atoms with van der Waals surface area (Å²) in [6.45, 7) is 3.79. The van der Waals surface area contributed by atoms with Gasteiger partial charge in [-0.2, -0.15) is 4.37 Å². The first-order chi connectivity index (χ1) is 13.1. The summed E-state index contributed by atoms with van der Waals surface area (Å²) in [5.74, 6) is -0.0226. The quantitative estimate of drug-likeness (QED) is 0.492. The number of benzene rings is 1. The molecule has 27 heavy (non-hydrogen) atoms. The molecule has 2 rings (SSSR count). The molecule has 2 amide bonds. The van der Waals surface area contributed by atoms with E-state index in [2.05, 4.69) is 20.0 Å². The second kappa shape index (κ2) is 11.3. The Balaban J connectivity index is 1.82. The number of rotatable bonds is 11. The molecule has 0 aliphatic rings. The van der Waals surface area contributed by atoms with E-state index < -0.39 is 0 Å². The molecule has 0 aliphatic carbocycles. The third kappa shape index (κ3) is 7.39. The molecule has 0 saturated carbocycles. The molecule has 1 aromatic heterocycles. The molecule has 0 bridgehead atoms. The van der Waals surface area contributed by atoms with E-state index >= 15 is 0 Å². The number of hydrogen-bond donors (Lipinski definition) is 3. The zero-order valence-electron chi connectivity index (χ0n) is 15.1. The van der Waals surface area contributed by atoms with Crippen LogP contribution in [0.1, 0.15) is 22.6 Å². The Morgan fingerprint density at radius 2 is 1.85 bits per heavy atom. The van der Waals surface area contributed by atoms with Gasteiger partial charge in [0.1, 0.15) is 5.82 Å². The maximum absolute atomic E-state index is 12.4. The Kier molecular flexibility index (Phi) is 8.78. The third-order valence-electron chi connectivity index (χ3n) is 3.30. The normalized spacial score (nSPS) is 10.6. The number of para-hydroxylation sites is 1. The molecular weight excluding hydrogens is 370 g/mol. The van der Waals surface area contributed by atoms with E-state index in [4.69, 9.17) is 15.2 Å². The second-order valence-corrected chi connectivity index (χ2v) is 6.21. The molecule has 146 valence electrons. The SMILES string of the molecule is Cc1nsc(NC(=O)c2ccccc2NC(=O)CCOCCOCCN)n1. The summed E-state index contributed by atoms with van der Waals surface area (Å²) in [6.07, 6.45) is 0.169. The van der Waals surface area contributed by atoms with Gasteiger partial charge in [0.2, 0.25) is 11.0 Å². The molecule has 0 saturated heterocycles. The van der Waals surface area contributed by atoms with Crippen LogP contribution in [0.15, 0.2) is 24.3 Å². The Morgan fingerprint density at radius 1 is 1.11 bits per heavy atom. The lowest BCUT2D eigenvalue weighted by Gasteiger charge is -2.10. The fraction of sp³-hybridized carbons (Fsp3) is 0.412. The average molecular weight is 393 g/mol. The highest BCUT2D eigenvalue weighted by Gasteiger charge is 2.14. The Labute approximate surface area is 161 Å². The molecule has 0 aliphatic heterocycles. The van der Waals surface area contributed by atoms with Gasteiger partial charge in [0.05, 0.1) is 44.1 Å². The minimum absolute atomic E-state index is 0.169.